The van der Waals surface area contributed by atoms with Crippen molar-refractivity contribution in [3.63, 3.8) is 0 Å². The van der Waals surface area contributed by atoms with Gasteiger partial charge < -0.3 is 0 Å². The lowest BCUT2D eigenvalue weighted by atomic mass is 10.0. The van der Waals surface area contributed by atoms with Gasteiger partial charge in [0, 0.05) is 16.1 Å². The van der Waals surface area contributed by atoms with Crippen LogP contribution in [-0.2, 0) is 6.18 Å². The van der Waals surface area contributed by atoms with Crippen molar-refractivity contribution in [2.75, 3.05) is 0 Å². The highest BCUT2D eigenvalue weighted by molar-refractivity contribution is 6.36. The summed E-state index contributed by atoms with van der Waals surface area (Å²) in [5, 5.41) is 0.586. The molecule has 4 aromatic rings. The molecule has 0 bridgehead atoms. The van der Waals surface area contributed by atoms with E-state index in [1.165, 1.54) is 12.1 Å². The molecule has 0 aliphatic heterocycles. The molecule has 0 atom stereocenters. The van der Waals surface area contributed by atoms with Gasteiger partial charge in [-0.1, -0.05) is 71.7 Å². The summed E-state index contributed by atoms with van der Waals surface area (Å²) in [5.74, 6) is -0.0383. The molecule has 0 aliphatic carbocycles. The van der Waals surface area contributed by atoms with E-state index in [0.29, 0.717) is 16.1 Å². The summed E-state index contributed by atoms with van der Waals surface area (Å²) in [6, 6.07) is 22.0. The number of hydrogen-bond donors (Lipinski definition) is 0. The van der Waals surface area contributed by atoms with Crippen molar-refractivity contribution in [2.24, 2.45) is 0 Å². The fraction of sp³-hybridized carbons (Fsp3) is 0.0435. The number of halogens is 5. The van der Waals surface area contributed by atoms with Crippen LogP contribution < -0.4 is 0 Å². The molecule has 0 saturated carbocycles. The maximum absolute atomic E-state index is 13.5. The zero-order valence-corrected chi connectivity index (χ0v) is 16.8. The molecule has 1 aromatic heterocycles. The average Bonchev–Trinajstić information content (AvgIpc) is 2.73. The molecule has 1 heterocycles. The fourth-order valence-corrected chi connectivity index (χ4v) is 3.53. The van der Waals surface area contributed by atoms with Gasteiger partial charge in [-0.2, -0.15) is 13.2 Å². The Kier molecular flexibility index (Phi) is 5.50. The van der Waals surface area contributed by atoms with Crippen LogP contribution in [0.3, 0.4) is 0 Å². The summed E-state index contributed by atoms with van der Waals surface area (Å²) in [6.07, 6.45) is -4.64. The minimum atomic E-state index is -4.64. The third-order valence-electron chi connectivity index (χ3n) is 4.45. The van der Waals surface area contributed by atoms with Crippen LogP contribution >= 0.6 is 23.2 Å². The van der Waals surface area contributed by atoms with Crippen LogP contribution in [0.5, 0.6) is 0 Å². The third kappa shape index (κ3) is 4.32. The first-order valence-corrected chi connectivity index (χ1v) is 9.64. The lowest BCUT2D eigenvalue weighted by Gasteiger charge is -2.12. The minimum Gasteiger partial charge on any atom is -0.228 e. The topological polar surface area (TPSA) is 25.8 Å². The zero-order chi connectivity index (χ0) is 21.3. The molecule has 150 valence electrons. The van der Waals surface area contributed by atoms with Gasteiger partial charge in [0.15, 0.2) is 5.82 Å². The van der Waals surface area contributed by atoms with Crippen molar-refractivity contribution in [2.45, 2.75) is 6.18 Å². The first-order chi connectivity index (χ1) is 14.3. The Morgan fingerprint density at radius 2 is 1.37 bits per heavy atom. The smallest absolute Gasteiger partial charge is 0.228 e. The summed E-state index contributed by atoms with van der Waals surface area (Å²) in [6.45, 7) is 0. The third-order valence-corrected chi connectivity index (χ3v) is 5.00. The van der Waals surface area contributed by atoms with Gasteiger partial charge in [-0.05, 0) is 41.5 Å². The van der Waals surface area contributed by atoms with E-state index in [1.807, 2.05) is 36.4 Å². The van der Waals surface area contributed by atoms with Crippen LogP contribution in [0.15, 0.2) is 78.9 Å². The summed E-state index contributed by atoms with van der Waals surface area (Å²) < 4.78 is 40.6. The number of nitrogens with zero attached hydrogens (tertiary/aromatic N) is 2. The standard InChI is InChI=1S/C23H13Cl2F3N2/c24-17-9-10-18(19(25)12-17)20-13-21(23(26,27)28)30-22(29-20)16-8-4-7-15(11-16)14-5-2-1-3-6-14/h1-13H. The highest BCUT2D eigenvalue weighted by Crippen LogP contribution is 2.35. The first-order valence-electron chi connectivity index (χ1n) is 8.89. The molecule has 3 aromatic carbocycles. The van der Waals surface area contributed by atoms with E-state index in [1.54, 1.807) is 24.3 Å². The molecule has 0 amide bonds. The van der Waals surface area contributed by atoms with E-state index < -0.39 is 11.9 Å². The second-order valence-corrected chi connectivity index (χ2v) is 7.37. The van der Waals surface area contributed by atoms with Gasteiger partial charge >= 0.3 is 6.18 Å². The van der Waals surface area contributed by atoms with Crippen LogP contribution in [0.25, 0.3) is 33.8 Å². The molecule has 0 saturated heterocycles. The van der Waals surface area contributed by atoms with Gasteiger partial charge in [-0.25, -0.2) is 9.97 Å². The van der Waals surface area contributed by atoms with Gasteiger partial charge in [0.25, 0.3) is 0 Å². The predicted octanol–water partition coefficient (Wildman–Crippen LogP) is 7.80. The van der Waals surface area contributed by atoms with E-state index >= 15 is 0 Å². The van der Waals surface area contributed by atoms with Crippen molar-refractivity contribution in [3.05, 3.63) is 94.6 Å². The molecule has 30 heavy (non-hydrogen) atoms. The van der Waals surface area contributed by atoms with Crippen LogP contribution in [0.1, 0.15) is 5.69 Å². The molecule has 0 spiro atoms. The molecule has 7 heteroatoms. The van der Waals surface area contributed by atoms with Crippen molar-refractivity contribution >= 4 is 23.2 Å². The number of hydrogen-bond acceptors (Lipinski definition) is 2. The molecule has 4 rings (SSSR count). The van der Waals surface area contributed by atoms with Crippen LogP contribution in [0.4, 0.5) is 13.2 Å². The summed E-state index contributed by atoms with van der Waals surface area (Å²) in [7, 11) is 0. The van der Waals surface area contributed by atoms with E-state index in [2.05, 4.69) is 9.97 Å². The van der Waals surface area contributed by atoms with E-state index in [-0.39, 0.29) is 16.5 Å². The number of alkyl halides is 3. The molecule has 2 nitrogen and oxygen atoms in total. The Labute approximate surface area is 181 Å². The van der Waals surface area contributed by atoms with Crippen molar-refractivity contribution in [3.8, 4) is 33.8 Å². The molecular weight excluding hydrogens is 432 g/mol. The number of aromatic nitrogens is 2. The van der Waals surface area contributed by atoms with Gasteiger partial charge in [-0.3, -0.25) is 0 Å². The maximum Gasteiger partial charge on any atom is 0.433 e. The minimum absolute atomic E-state index is 0.0383. The van der Waals surface area contributed by atoms with Gasteiger partial charge in [0.1, 0.15) is 5.69 Å². The Balaban J connectivity index is 1.88. The monoisotopic (exact) mass is 444 g/mol. The van der Waals surface area contributed by atoms with Crippen LogP contribution in [0.2, 0.25) is 10.0 Å². The predicted molar refractivity (Wildman–Crippen MR) is 113 cm³/mol. The molecule has 0 fully saturated rings. The van der Waals surface area contributed by atoms with Gasteiger partial charge in [0.05, 0.1) is 10.7 Å². The lowest BCUT2D eigenvalue weighted by molar-refractivity contribution is -0.141. The van der Waals surface area contributed by atoms with Crippen LogP contribution in [-0.4, -0.2) is 9.97 Å². The molecule has 0 radical (unpaired) electrons. The van der Waals surface area contributed by atoms with Crippen LogP contribution in [0, 0.1) is 0 Å². The number of benzene rings is 3. The average molecular weight is 445 g/mol. The van der Waals surface area contributed by atoms with E-state index in [0.717, 1.165) is 17.2 Å². The summed E-state index contributed by atoms with van der Waals surface area (Å²) in [4.78, 5) is 8.15. The van der Waals surface area contributed by atoms with E-state index in [9.17, 15) is 13.2 Å². The quantitative estimate of drug-likeness (QED) is 0.322. The largest absolute Gasteiger partial charge is 0.433 e. The maximum atomic E-state index is 13.5. The first kappa shape index (κ1) is 20.4. The highest BCUT2D eigenvalue weighted by atomic mass is 35.5. The molecule has 0 unspecified atom stereocenters. The lowest BCUT2D eigenvalue weighted by Crippen LogP contribution is -2.10. The second kappa shape index (κ2) is 8.09. The Hall–Kier alpha value is -2.89. The highest BCUT2D eigenvalue weighted by Gasteiger charge is 2.34. The van der Waals surface area contributed by atoms with Crippen molar-refractivity contribution in [1.29, 1.82) is 0 Å². The van der Waals surface area contributed by atoms with Gasteiger partial charge in [-0.15, -0.1) is 0 Å². The van der Waals surface area contributed by atoms with Crippen molar-refractivity contribution in [1.82, 2.24) is 9.97 Å². The SMILES string of the molecule is FC(F)(F)c1cc(-c2ccc(Cl)cc2Cl)nc(-c2cccc(-c3ccccc3)c2)n1. The Bertz CT molecular complexity index is 1210. The summed E-state index contributed by atoms with van der Waals surface area (Å²) in [5.41, 5.74) is 1.62. The Morgan fingerprint density at radius 3 is 2.07 bits per heavy atom. The van der Waals surface area contributed by atoms with Crippen molar-refractivity contribution < 1.29 is 13.2 Å². The summed E-state index contributed by atoms with van der Waals surface area (Å²) >= 11 is 12.1. The molecule has 0 aliphatic rings. The zero-order valence-electron chi connectivity index (χ0n) is 15.3. The second-order valence-electron chi connectivity index (χ2n) is 6.53. The fourth-order valence-electron chi connectivity index (χ4n) is 3.03. The molecular formula is C23H13Cl2F3N2. The Morgan fingerprint density at radius 1 is 0.667 bits per heavy atom. The van der Waals surface area contributed by atoms with E-state index in [4.69, 9.17) is 23.2 Å². The normalized spacial score (nSPS) is 11.5. The number of rotatable bonds is 3. The van der Waals surface area contributed by atoms with Gasteiger partial charge in [0.2, 0.25) is 0 Å². The molecule has 0 N–H and O–H groups in total.